The van der Waals surface area contributed by atoms with Crippen molar-refractivity contribution >= 4 is 43.7 Å². The van der Waals surface area contributed by atoms with Gasteiger partial charge in [-0.3, -0.25) is 0 Å². The van der Waals surface area contributed by atoms with Crippen molar-refractivity contribution in [2.24, 2.45) is 0 Å². The molecule has 0 saturated heterocycles. The van der Waals surface area contributed by atoms with E-state index < -0.39 is 0 Å². The Hall–Kier alpha value is -0.0503. The third-order valence-corrected chi connectivity index (χ3v) is 2.17. The van der Waals surface area contributed by atoms with Crippen LogP contribution in [0.2, 0.25) is 0 Å². The molecule has 0 radical (unpaired) electrons. The molecule has 0 bridgehead atoms. The second-order valence-corrected chi connectivity index (χ2v) is 2.95. The number of benzene rings is 1. The van der Waals surface area contributed by atoms with Crippen LogP contribution in [0.25, 0.3) is 0 Å². The minimum atomic E-state index is -0.249. The SMILES string of the molecule is CCc1c(C)cccc1C(=O)OC.[CaH2]. The predicted molar refractivity (Wildman–Crippen MR) is 60.4 cm³/mol. The summed E-state index contributed by atoms with van der Waals surface area (Å²) in [5, 5.41) is 0. The van der Waals surface area contributed by atoms with Gasteiger partial charge in [-0.25, -0.2) is 4.79 Å². The van der Waals surface area contributed by atoms with E-state index in [1.165, 1.54) is 7.11 Å². The van der Waals surface area contributed by atoms with E-state index in [0.29, 0.717) is 5.56 Å². The summed E-state index contributed by atoms with van der Waals surface area (Å²) in [5.74, 6) is -0.249. The summed E-state index contributed by atoms with van der Waals surface area (Å²) in [5.41, 5.74) is 2.91. The predicted octanol–water partition coefficient (Wildman–Crippen LogP) is 1.43. The van der Waals surface area contributed by atoms with Crippen molar-refractivity contribution in [2.45, 2.75) is 20.3 Å². The number of esters is 1. The van der Waals surface area contributed by atoms with E-state index >= 15 is 0 Å². The number of methoxy groups -OCH3 is 1. The van der Waals surface area contributed by atoms with Crippen molar-refractivity contribution in [3.05, 3.63) is 34.9 Å². The Kier molecular flexibility index (Phi) is 6.41. The zero-order valence-electron chi connectivity index (χ0n) is 8.26. The summed E-state index contributed by atoms with van der Waals surface area (Å²) in [6.45, 7) is 4.04. The first-order chi connectivity index (χ1) is 6.20. The molecule has 0 aromatic heterocycles. The van der Waals surface area contributed by atoms with Gasteiger partial charge in [-0.05, 0) is 30.5 Å². The van der Waals surface area contributed by atoms with Gasteiger partial charge in [0.2, 0.25) is 0 Å². The molecule has 0 aliphatic carbocycles. The fraction of sp³-hybridized carbons (Fsp3) is 0.364. The van der Waals surface area contributed by atoms with E-state index in [4.69, 9.17) is 4.74 Å². The Morgan fingerprint density at radius 3 is 2.57 bits per heavy atom. The van der Waals surface area contributed by atoms with Crippen LogP contribution in [-0.4, -0.2) is 50.8 Å². The van der Waals surface area contributed by atoms with Crippen molar-refractivity contribution in [3.8, 4) is 0 Å². The first-order valence-corrected chi connectivity index (χ1v) is 4.37. The molecule has 0 unspecified atom stereocenters. The molecule has 1 aromatic carbocycles. The van der Waals surface area contributed by atoms with Crippen LogP contribution in [0.5, 0.6) is 0 Å². The van der Waals surface area contributed by atoms with Crippen LogP contribution in [0.4, 0.5) is 0 Å². The molecule has 0 spiro atoms. The Bertz CT molecular complexity index is 321. The summed E-state index contributed by atoms with van der Waals surface area (Å²) >= 11 is 0. The normalized spacial score (nSPS) is 9.07. The van der Waals surface area contributed by atoms with Crippen molar-refractivity contribution in [3.63, 3.8) is 0 Å². The summed E-state index contributed by atoms with van der Waals surface area (Å²) in [7, 11) is 1.41. The summed E-state index contributed by atoms with van der Waals surface area (Å²) in [6, 6.07) is 5.68. The van der Waals surface area contributed by atoms with Crippen LogP contribution < -0.4 is 0 Å². The molecule has 0 fully saturated rings. The third-order valence-electron chi connectivity index (χ3n) is 2.17. The zero-order chi connectivity index (χ0) is 9.84. The quantitative estimate of drug-likeness (QED) is 0.557. The minimum absolute atomic E-state index is 0. The number of hydrogen-bond donors (Lipinski definition) is 0. The zero-order valence-corrected chi connectivity index (χ0v) is 8.26. The molecular weight excluding hydrogens is 204 g/mol. The maximum atomic E-state index is 11.3. The number of aryl methyl sites for hydroxylation is 1. The number of carbonyl (C=O) groups is 1. The fourth-order valence-electron chi connectivity index (χ4n) is 1.47. The topological polar surface area (TPSA) is 26.3 Å². The van der Waals surface area contributed by atoms with Gasteiger partial charge in [0.05, 0.1) is 12.7 Å². The van der Waals surface area contributed by atoms with Crippen molar-refractivity contribution in [2.75, 3.05) is 7.11 Å². The summed E-state index contributed by atoms with van der Waals surface area (Å²) < 4.78 is 4.69. The number of hydrogen-bond acceptors (Lipinski definition) is 2. The van der Waals surface area contributed by atoms with Gasteiger partial charge in [0.1, 0.15) is 0 Å². The molecular formula is C11H16CaO2. The van der Waals surface area contributed by atoms with Crippen molar-refractivity contribution in [1.29, 1.82) is 0 Å². The monoisotopic (exact) mass is 220 g/mol. The van der Waals surface area contributed by atoms with E-state index in [9.17, 15) is 4.79 Å². The summed E-state index contributed by atoms with van der Waals surface area (Å²) in [4.78, 5) is 11.3. The van der Waals surface area contributed by atoms with Crippen LogP contribution in [0.1, 0.15) is 28.4 Å². The number of carbonyl (C=O) groups excluding carboxylic acids is 1. The average Bonchev–Trinajstić information content (AvgIpc) is 2.16. The van der Waals surface area contributed by atoms with E-state index in [2.05, 4.69) is 0 Å². The van der Waals surface area contributed by atoms with Crippen LogP contribution in [0, 0.1) is 6.92 Å². The molecule has 0 heterocycles. The summed E-state index contributed by atoms with van der Waals surface area (Å²) in [6.07, 6.45) is 0.858. The Morgan fingerprint density at radius 1 is 1.43 bits per heavy atom. The van der Waals surface area contributed by atoms with Crippen LogP contribution in [0.15, 0.2) is 18.2 Å². The molecule has 14 heavy (non-hydrogen) atoms. The standard InChI is InChI=1S/C11H14O2.Ca.2H/c1-4-9-8(2)6-5-7-10(9)11(12)13-3;;;/h5-7H,4H2,1-3H3;;;. The second-order valence-electron chi connectivity index (χ2n) is 2.95. The molecule has 2 nitrogen and oxygen atoms in total. The molecule has 0 N–H and O–H groups in total. The number of rotatable bonds is 2. The molecule has 0 atom stereocenters. The van der Waals surface area contributed by atoms with Crippen LogP contribution in [-0.2, 0) is 11.2 Å². The Morgan fingerprint density at radius 2 is 2.07 bits per heavy atom. The van der Waals surface area contributed by atoms with Gasteiger partial charge < -0.3 is 4.74 Å². The molecule has 0 amide bonds. The van der Waals surface area contributed by atoms with Crippen molar-refractivity contribution < 1.29 is 9.53 Å². The van der Waals surface area contributed by atoms with E-state index in [0.717, 1.165) is 17.5 Å². The van der Waals surface area contributed by atoms with Crippen LogP contribution >= 0.6 is 0 Å². The molecule has 1 rings (SSSR count). The molecule has 74 valence electrons. The maximum absolute atomic E-state index is 11.3. The molecule has 0 saturated carbocycles. The second kappa shape index (κ2) is 6.44. The first-order valence-electron chi connectivity index (χ1n) is 4.37. The molecule has 0 aliphatic heterocycles. The van der Waals surface area contributed by atoms with Crippen LogP contribution in [0.3, 0.4) is 0 Å². The first kappa shape index (κ1) is 13.9. The van der Waals surface area contributed by atoms with Gasteiger partial charge >= 0.3 is 43.7 Å². The van der Waals surface area contributed by atoms with Gasteiger partial charge in [0.15, 0.2) is 0 Å². The van der Waals surface area contributed by atoms with Gasteiger partial charge in [-0.1, -0.05) is 19.1 Å². The van der Waals surface area contributed by atoms with E-state index in [1.807, 2.05) is 26.0 Å². The molecule has 0 aliphatic rings. The number of ether oxygens (including phenoxy) is 1. The van der Waals surface area contributed by atoms with Gasteiger partial charge in [-0.15, -0.1) is 0 Å². The van der Waals surface area contributed by atoms with E-state index in [-0.39, 0.29) is 43.7 Å². The molecule has 1 aromatic rings. The molecule has 3 heteroatoms. The van der Waals surface area contributed by atoms with E-state index in [1.54, 1.807) is 6.07 Å². The Balaban J connectivity index is 0.00000169. The fourth-order valence-corrected chi connectivity index (χ4v) is 1.47. The van der Waals surface area contributed by atoms with Gasteiger partial charge in [0, 0.05) is 0 Å². The van der Waals surface area contributed by atoms with Gasteiger partial charge in [-0.2, -0.15) is 0 Å². The van der Waals surface area contributed by atoms with Gasteiger partial charge in [0.25, 0.3) is 0 Å². The third kappa shape index (κ3) is 2.97. The Labute approximate surface area is 115 Å². The average molecular weight is 220 g/mol. The van der Waals surface area contributed by atoms with Crippen molar-refractivity contribution in [1.82, 2.24) is 0 Å².